The Morgan fingerprint density at radius 1 is 0.591 bits per heavy atom. The number of hydrogen-bond donors (Lipinski definition) is 0. The first-order chi connectivity index (χ1) is 21.5. The molecule has 4 aromatic rings. The van der Waals surface area contributed by atoms with Gasteiger partial charge in [-0.25, -0.2) is 0 Å². The molecule has 4 heterocycles. The van der Waals surface area contributed by atoms with Crippen LogP contribution in [0.1, 0.15) is 36.0 Å². The van der Waals surface area contributed by atoms with Gasteiger partial charge in [0, 0.05) is 11.3 Å². The molecular weight excluding hydrogens is 556 g/mol. The smallest absolute Gasteiger partial charge is 0.234 e. The summed E-state index contributed by atoms with van der Waals surface area (Å²) in [4.78, 5) is 60.7. The van der Waals surface area contributed by atoms with Gasteiger partial charge in [-0.15, -0.1) is 0 Å². The summed E-state index contributed by atoms with van der Waals surface area (Å²) in [5, 5.41) is 0. The van der Waals surface area contributed by atoms with Crippen LogP contribution in [0.2, 0.25) is 0 Å². The molecule has 44 heavy (non-hydrogen) atoms. The summed E-state index contributed by atoms with van der Waals surface area (Å²) < 4.78 is 11.1. The van der Waals surface area contributed by atoms with Crippen molar-refractivity contribution in [3.05, 3.63) is 120 Å². The number of carbonyl (C=O) groups is 4. The van der Waals surface area contributed by atoms with Crippen molar-refractivity contribution < 1.29 is 28.0 Å². The molecule has 2 aromatic heterocycles. The molecule has 0 N–H and O–H groups in total. The highest BCUT2D eigenvalue weighted by Gasteiger charge is 2.77. The quantitative estimate of drug-likeness (QED) is 0.268. The van der Waals surface area contributed by atoms with Crippen LogP contribution in [0.15, 0.2) is 106 Å². The largest absolute Gasteiger partial charge is 0.467 e. The normalized spacial score (nSPS) is 29.2. The maximum absolute atomic E-state index is 14.6. The third-order valence-electron chi connectivity index (χ3n) is 10.4. The molecule has 3 fully saturated rings. The number of amides is 4. The minimum atomic E-state index is -1.11. The number of furan rings is 2. The molecule has 2 aromatic carbocycles. The summed E-state index contributed by atoms with van der Waals surface area (Å²) in [5.74, 6) is -4.12. The van der Waals surface area contributed by atoms with Gasteiger partial charge < -0.3 is 8.83 Å². The summed E-state index contributed by atoms with van der Waals surface area (Å²) in [6, 6.07) is 26.6. The van der Waals surface area contributed by atoms with Crippen molar-refractivity contribution in [2.24, 2.45) is 35.0 Å². The number of imide groups is 2. The number of nitrogens with zero attached hydrogens (tertiary/aromatic N) is 2. The molecule has 2 saturated heterocycles. The van der Waals surface area contributed by atoms with E-state index >= 15 is 0 Å². The van der Waals surface area contributed by atoms with Crippen molar-refractivity contribution in [3.8, 4) is 0 Å². The zero-order valence-corrected chi connectivity index (χ0v) is 24.1. The van der Waals surface area contributed by atoms with Crippen LogP contribution in [-0.4, -0.2) is 33.4 Å². The molecule has 8 heteroatoms. The van der Waals surface area contributed by atoms with Gasteiger partial charge in [0.25, 0.3) is 0 Å². The maximum Gasteiger partial charge on any atom is 0.234 e. The minimum absolute atomic E-state index is 0.00731. The van der Waals surface area contributed by atoms with E-state index in [0.29, 0.717) is 17.9 Å². The zero-order valence-electron chi connectivity index (χ0n) is 24.1. The standard InChI is InChI=1S/C36H30N2O6/c1-2-36-29(22-13-7-4-8-14-22)25(21-11-5-3-6-12-21)26(27-30(36)34(41)37(32(27)39)19-23-15-9-17-43-23)28-31(36)35(42)38(33(28)40)20-24-16-10-18-44-24/h3-18,26-28,30-31H,2,19-20H2,1H3/t26?,27-,28+,30+,31-,36?. The van der Waals surface area contributed by atoms with Crippen LogP contribution in [0, 0.1) is 35.0 Å². The molecule has 6 atom stereocenters. The van der Waals surface area contributed by atoms with Crippen LogP contribution in [0.3, 0.4) is 0 Å². The molecule has 3 aliphatic carbocycles. The zero-order chi connectivity index (χ0) is 30.2. The van der Waals surface area contributed by atoms with E-state index in [1.165, 1.54) is 22.3 Å². The summed E-state index contributed by atoms with van der Waals surface area (Å²) >= 11 is 0. The van der Waals surface area contributed by atoms with Crippen molar-refractivity contribution in [1.29, 1.82) is 0 Å². The van der Waals surface area contributed by atoms with Crippen LogP contribution in [0.5, 0.6) is 0 Å². The molecule has 0 radical (unpaired) electrons. The van der Waals surface area contributed by atoms with Gasteiger partial charge in [-0.05, 0) is 53.0 Å². The molecule has 2 bridgehead atoms. The van der Waals surface area contributed by atoms with Crippen LogP contribution >= 0.6 is 0 Å². The molecular formula is C36H30N2O6. The lowest BCUT2D eigenvalue weighted by atomic mass is 9.40. The molecule has 1 saturated carbocycles. The first-order valence-electron chi connectivity index (χ1n) is 15.1. The Labute approximate surface area is 253 Å². The van der Waals surface area contributed by atoms with Gasteiger partial charge in [-0.1, -0.05) is 67.6 Å². The van der Waals surface area contributed by atoms with Crippen molar-refractivity contribution in [1.82, 2.24) is 9.80 Å². The number of hydrogen-bond acceptors (Lipinski definition) is 6. The van der Waals surface area contributed by atoms with Gasteiger partial charge in [-0.3, -0.25) is 29.0 Å². The van der Waals surface area contributed by atoms with E-state index in [4.69, 9.17) is 8.83 Å². The Bertz CT molecular complexity index is 1730. The van der Waals surface area contributed by atoms with Gasteiger partial charge in [0.1, 0.15) is 11.5 Å². The van der Waals surface area contributed by atoms with E-state index in [1.54, 1.807) is 24.3 Å². The van der Waals surface area contributed by atoms with Gasteiger partial charge >= 0.3 is 0 Å². The third-order valence-corrected chi connectivity index (χ3v) is 10.4. The molecule has 9 rings (SSSR count). The average molecular weight is 587 g/mol. The SMILES string of the molecule is CCC12C(c3ccccc3)=C(c3ccccc3)C([C@H]3C(=O)N(Cc4ccco4)C(=O)[C@H]31)[C@@H]1C(=O)N(Cc3ccco3)C(=O)[C@@H]12. The lowest BCUT2D eigenvalue weighted by Crippen LogP contribution is -2.60. The van der Waals surface area contributed by atoms with Crippen LogP contribution in [0.25, 0.3) is 11.1 Å². The second kappa shape index (κ2) is 9.77. The highest BCUT2D eigenvalue weighted by molar-refractivity contribution is 6.17. The molecule has 2 aliphatic heterocycles. The van der Waals surface area contributed by atoms with Crippen molar-refractivity contribution in [2.45, 2.75) is 26.4 Å². The van der Waals surface area contributed by atoms with Gasteiger partial charge in [0.05, 0.1) is 49.3 Å². The maximum atomic E-state index is 14.6. The van der Waals surface area contributed by atoms with Crippen LogP contribution in [-0.2, 0) is 32.3 Å². The number of rotatable bonds is 7. The third kappa shape index (κ3) is 3.45. The minimum Gasteiger partial charge on any atom is -0.467 e. The van der Waals surface area contributed by atoms with Crippen LogP contribution in [0.4, 0.5) is 0 Å². The first kappa shape index (κ1) is 26.6. The van der Waals surface area contributed by atoms with Gasteiger partial charge in [-0.2, -0.15) is 0 Å². The topological polar surface area (TPSA) is 101 Å². The molecule has 2 unspecified atom stereocenters. The van der Waals surface area contributed by atoms with Gasteiger partial charge in [0.2, 0.25) is 23.6 Å². The lowest BCUT2D eigenvalue weighted by molar-refractivity contribution is -0.146. The van der Waals surface area contributed by atoms with E-state index in [9.17, 15) is 19.2 Å². The fourth-order valence-corrected chi connectivity index (χ4v) is 8.84. The fourth-order valence-electron chi connectivity index (χ4n) is 8.84. The average Bonchev–Trinajstić information content (AvgIpc) is 3.86. The lowest BCUT2D eigenvalue weighted by Gasteiger charge is -2.59. The van der Waals surface area contributed by atoms with E-state index < -0.39 is 35.0 Å². The molecule has 4 amide bonds. The van der Waals surface area contributed by atoms with E-state index in [-0.39, 0.29) is 36.7 Å². The Hall–Kier alpha value is -4.98. The summed E-state index contributed by atoms with van der Waals surface area (Å²) in [5.41, 5.74) is 2.45. The van der Waals surface area contributed by atoms with E-state index in [1.807, 2.05) is 67.6 Å². The van der Waals surface area contributed by atoms with Gasteiger partial charge in [0.15, 0.2) is 0 Å². The molecule has 8 nitrogen and oxygen atoms in total. The Morgan fingerprint density at radius 2 is 1.07 bits per heavy atom. The van der Waals surface area contributed by atoms with Crippen molar-refractivity contribution in [3.63, 3.8) is 0 Å². The molecule has 0 spiro atoms. The van der Waals surface area contributed by atoms with Crippen molar-refractivity contribution in [2.75, 3.05) is 0 Å². The second-order valence-electron chi connectivity index (χ2n) is 12.1. The second-order valence-corrected chi connectivity index (χ2v) is 12.1. The summed E-state index contributed by atoms with van der Waals surface area (Å²) in [7, 11) is 0. The Morgan fingerprint density at radius 3 is 1.50 bits per heavy atom. The highest BCUT2D eigenvalue weighted by Crippen LogP contribution is 2.73. The monoisotopic (exact) mass is 586 g/mol. The van der Waals surface area contributed by atoms with E-state index in [0.717, 1.165) is 22.3 Å². The van der Waals surface area contributed by atoms with Crippen molar-refractivity contribution >= 4 is 34.8 Å². The van der Waals surface area contributed by atoms with Crippen LogP contribution < -0.4 is 0 Å². The fraction of sp³-hybridized carbons (Fsp3) is 0.278. The summed E-state index contributed by atoms with van der Waals surface area (Å²) in [6.07, 6.45) is 3.43. The number of benzene rings is 2. The first-order valence-corrected chi connectivity index (χ1v) is 15.1. The number of allylic oxidation sites excluding steroid dienone is 2. The molecule has 220 valence electrons. The molecule has 5 aliphatic rings. The number of likely N-dealkylation sites (tertiary alicyclic amines) is 2. The highest BCUT2D eigenvalue weighted by atomic mass is 16.3. The predicted molar refractivity (Wildman–Crippen MR) is 158 cm³/mol. The Kier molecular flexibility index (Phi) is 5.92. The summed E-state index contributed by atoms with van der Waals surface area (Å²) in [6.45, 7) is 1.99. The number of carbonyl (C=O) groups excluding carboxylic acids is 4. The predicted octanol–water partition coefficient (Wildman–Crippen LogP) is 5.43. The Balaban J connectivity index is 1.39. The van der Waals surface area contributed by atoms with E-state index in [2.05, 4.69) is 0 Å².